The lowest BCUT2D eigenvalue weighted by Gasteiger charge is -2.38. The zero-order valence-corrected chi connectivity index (χ0v) is 20.7. The lowest BCUT2D eigenvalue weighted by atomic mass is 9.90. The summed E-state index contributed by atoms with van der Waals surface area (Å²) in [6.45, 7) is 7.03. The van der Waals surface area contributed by atoms with Crippen LogP contribution in [0.2, 0.25) is 5.02 Å². The first-order chi connectivity index (χ1) is 15.8. The summed E-state index contributed by atoms with van der Waals surface area (Å²) in [5.74, 6) is 0.864. The van der Waals surface area contributed by atoms with Crippen LogP contribution in [0.1, 0.15) is 39.5 Å². The lowest BCUT2D eigenvalue weighted by Crippen LogP contribution is -2.46. The number of ether oxygens (including phenoxy) is 1. The molecule has 0 unspecified atom stereocenters. The van der Waals surface area contributed by atoms with Crippen LogP contribution in [0.15, 0.2) is 35.4 Å². The first-order valence-corrected chi connectivity index (χ1v) is 13.5. The predicted molar refractivity (Wildman–Crippen MR) is 131 cm³/mol. The number of sulfone groups is 1. The Hall–Kier alpha value is -1.94. The highest BCUT2D eigenvalue weighted by Crippen LogP contribution is 2.31. The summed E-state index contributed by atoms with van der Waals surface area (Å²) >= 11 is 6.34. The van der Waals surface area contributed by atoms with E-state index in [4.69, 9.17) is 16.3 Å². The van der Waals surface area contributed by atoms with E-state index in [1.54, 1.807) is 38.1 Å². The second-order valence-electron chi connectivity index (χ2n) is 8.90. The maximum absolute atomic E-state index is 12.8. The van der Waals surface area contributed by atoms with Crippen LogP contribution < -0.4 is 10.6 Å². The number of aromatic nitrogens is 2. The smallest absolute Gasteiger partial charge is 0.224 e. The van der Waals surface area contributed by atoms with Crippen LogP contribution in [-0.4, -0.2) is 66.9 Å². The number of nitrogens with one attached hydrogen (secondary N) is 2. The molecule has 10 heteroatoms. The molecule has 0 atom stereocenters. The first kappa shape index (κ1) is 24.2. The molecule has 33 heavy (non-hydrogen) atoms. The third kappa shape index (κ3) is 5.77. The predicted octanol–water partition coefficient (Wildman–Crippen LogP) is 4.11. The monoisotopic (exact) mass is 493 g/mol. The molecule has 1 saturated heterocycles. The SMILES string of the molecule is CC(C)S(=O)(=O)c1ccccc1Nc1nc(N[C@H]2CC[C@H](N3CCOCC3)CC2)ncc1Cl. The number of anilines is 3. The molecular weight excluding hydrogens is 462 g/mol. The largest absolute Gasteiger partial charge is 0.379 e. The highest BCUT2D eigenvalue weighted by atomic mass is 35.5. The minimum Gasteiger partial charge on any atom is -0.379 e. The molecule has 1 aliphatic carbocycles. The fourth-order valence-corrected chi connectivity index (χ4v) is 5.77. The van der Waals surface area contributed by atoms with Crippen LogP contribution in [0.3, 0.4) is 0 Å². The fourth-order valence-electron chi connectivity index (χ4n) is 4.43. The molecule has 1 aliphatic heterocycles. The molecule has 1 aromatic heterocycles. The molecule has 0 radical (unpaired) electrons. The maximum atomic E-state index is 12.8. The van der Waals surface area contributed by atoms with Gasteiger partial charge in [0.1, 0.15) is 5.02 Å². The van der Waals surface area contributed by atoms with Gasteiger partial charge in [0.15, 0.2) is 15.7 Å². The minimum atomic E-state index is -3.46. The molecule has 1 saturated carbocycles. The van der Waals surface area contributed by atoms with E-state index in [0.29, 0.717) is 34.6 Å². The van der Waals surface area contributed by atoms with Crippen molar-refractivity contribution in [2.45, 2.75) is 61.8 Å². The van der Waals surface area contributed by atoms with E-state index in [0.717, 1.165) is 52.0 Å². The summed E-state index contributed by atoms with van der Waals surface area (Å²) in [6, 6.07) is 7.72. The van der Waals surface area contributed by atoms with Crippen molar-refractivity contribution in [2.24, 2.45) is 0 Å². The van der Waals surface area contributed by atoms with E-state index >= 15 is 0 Å². The third-order valence-electron chi connectivity index (χ3n) is 6.40. The number of benzene rings is 1. The highest BCUT2D eigenvalue weighted by molar-refractivity contribution is 7.92. The molecule has 0 amide bonds. The summed E-state index contributed by atoms with van der Waals surface area (Å²) < 4.78 is 31.0. The second-order valence-corrected chi connectivity index (χ2v) is 11.8. The Morgan fingerprint density at radius 2 is 1.82 bits per heavy atom. The van der Waals surface area contributed by atoms with Gasteiger partial charge in [-0.15, -0.1) is 0 Å². The van der Waals surface area contributed by atoms with Gasteiger partial charge < -0.3 is 15.4 Å². The van der Waals surface area contributed by atoms with E-state index < -0.39 is 15.1 Å². The number of halogens is 1. The summed E-state index contributed by atoms with van der Waals surface area (Å²) in [7, 11) is -3.46. The van der Waals surface area contributed by atoms with Gasteiger partial charge in [-0.05, 0) is 51.7 Å². The Labute approximate surface area is 201 Å². The van der Waals surface area contributed by atoms with E-state index in [9.17, 15) is 8.42 Å². The van der Waals surface area contributed by atoms with Gasteiger partial charge in [0.05, 0.1) is 35.2 Å². The average Bonchev–Trinajstić information content (AvgIpc) is 2.82. The van der Waals surface area contributed by atoms with E-state index in [1.807, 2.05) is 0 Å². The molecule has 2 aromatic rings. The van der Waals surface area contributed by atoms with Crippen molar-refractivity contribution >= 4 is 38.9 Å². The van der Waals surface area contributed by atoms with Gasteiger partial charge in [-0.3, -0.25) is 4.90 Å². The maximum Gasteiger partial charge on any atom is 0.224 e. The van der Waals surface area contributed by atoms with Crippen LogP contribution in [-0.2, 0) is 14.6 Å². The van der Waals surface area contributed by atoms with Gasteiger partial charge in [-0.25, -0.2) is 13.4 Å². The Balaban J connectivity index is 1.43. The standard InChI is InChI=1S/C23H32ClN5O3S/c1-16(2)33(30,31)21-6-4-3-5-20(21)27-22-19(24)15-25-23(28-22)26-17-7-9-18(10-8-17)29-11-13-32-14-12-29/h3-6,15-18H,7-14H2,1-2H3,(H2,25,26,27,28)/t17-,18-. The number of hydrogen-bond donors (Lipinski definition) is 2. The van der Waals surface area contributed by atoms with Gasteiger partial charge in [-0.1, -0.05) is 23.7 Å². The molecular formula is C23H32ClN5O3S. The zero-order chi connectivity index (χ0) is 23.4. The minimum absolute atomic E-state index is 0.227. The van der Waals surface area contributed by atoms with Crippen molar-refractivity contribution in [3.63, 3.8) is 0 Å². The van der Waals surface area contributed by atoms with Crippen molar-refractivity contribution in [1.82, 2.24) is 14.9 Å². The molecule has 2 heterocycles. The molecule has 1 aromatic carbocycles. The summed E-state index contributed by atoms with van der Waals surface area (Å²) in [4.78, 5) is 11.7. The molecule has 0 spiro atoms. The average molecular weight is 494 g/mol. The first-order valence-electron chi connectivity index (χ1n) is 11.6. The topological polar surface area (TPSA) is 96.5 Å². The molecule has 0 bridgehead atoms. The van der Waals surface area contributed by atoms with Crippen LogP contribution in [0.4, 0.5) is 17.5 Å². The Morgan fingerprint density at radius 1 is 1.12 bits per heavy atom. The van der Waals surface area contributed by atoms with Gasteiger partial charge in [-0.2, -0.15) is 4.98 Å². The van der Waals surface area contributed by atoms with Crippen molar-refractivity contribution < 1.29 is 13.2 Å². The van der Waals surface area contributed by atoms with E-state index in [2.05, 4.69) is 25.5 Å². The fraction of sp³-hybridized carbons (Fsp3) is 0.565. The van der Waals surface area contributed by atoms with Crippen LogP contribution >= 0.6 is 11.6 Å². The van der Waals surface area contributed by atoms with Crippen molar-refractivity contribution in [3.05, 3.63) is 35.5 Å². The number of nitrogens with zero attached hydrogens (tertiary/aromatic N) is 3. The van der Waals surface area contributed by atoms with Crippen LogP contribution in [0.5, 0.6) is 0 Å². The van der Waals surface area contributed by atoms with Gasteiger partial charge >= 0.3 is 0 Å². The molecule has 180 valence electrons. The molecule has 2 aliphatic rings. The van der Waals surface area contributed by atoms with Crippen molar-refractivity contribution in [3.8, 4) is 0 Å². The molecule has 4 rings (SSSR count). The van der Waals surface area contributed by atoms with Crippen molar-refractivity contribution in [2.75, 3.05) is 36.9 Å². The normalized spacial score (nSPS) is 22.3. The van der Waals surface area contributed by atoms with Gasteiger partial charge in [0.2, 0.25) is 5.95 Å². The van der Waals surface area contributed by atoms with E-state index in [-0.39, 0.29) is 4.90 Å². The number of morpholine rings is 1. The second kappa shape index (κ2) is 10.5. The highest BCUT2D eigenvalue weighted by Gasteiger charge is 2.27. The summed E-state index contributed by atoms with van der Waals surface area (Å²) in [6.07, 6.45) is 5.91. The van der Waals surface area contributed by atoms with Crippen molar-refractivity contribution in [1.29, 1.82) is 0 Å². The Bertz CT molecular complexity index is 1050. The summed E-state index contributed by atoms with van der Waals surface area (Å²) in [5, 5.41) is 6.34. The van der Waals surface area contributed by atoms with Gasteiger partial charge in [0.25, 0.3) is 0 Å². The molecule has 2 fully saturated rings. The molecule has 2 N–H and O–H groups in total. The van der Waals surface area contributed by atoms with E-state index in [1.165, 1.54) is 6.20 Å². The number of hydrogen-bond acceptors (Lipinski definition) is 8. The Kier molecular flexibility index (Phi) is 7.73. The molecule has 8 nitrogen and oxygen atoms in total. The number of rotatable bonds is 7. The quantitative estimate of drug-likeness (QED) is 0.594. The van der Waals surface area contributed by atoms with Crippen LogP contribution in [0, 0.1) is 0 Å². The third-order valence-corrected chi connectivity index (χ3v) is 8.89. The number of para-hydroxylation sites is 1. The summed E-state index contributed by atoms with van der Waals surface area (Å²) in [5.41, 5.74) is 0.448. The Morgan fingerprint density at radius 3 is 2.52 bits per heavy atom. The zero-order valence-electron chi connectivity index (χ0n) is 19.1. The lowest BCUT2D eigenvalue weighted by molar-refractivity contribution is 0.00790. The van der Waals surface area contributed by atoms with Gasteiger partial charge in [0, 0.05) is 25.2 Å². The van der Waals surface area contributed by atoms with Crippen LogP contribution in [0.25, 0.3) is 0 Å².